The molecule has 4 aromatic rings. The molecule has 2 aromatic carbocycles. The van der Waals surface area contributed by atoms with E-state index in [0.717, 1.165) is 28.5 Å². The highest BCUT2D eigenvalue weighted by molar-refractivity contribution is 7.99. The lowest BCUT2D eigenvalue weighted by Crippen LogP contribution is -2.20. The summed E-state index contributed by atoms with van der Waals surface area (Å²) in [6.45, 7) is 2.01. The Kier molecular flexibility index (Phi) is 6.76. The Bertz CT molecular complexity index is 1390. The smallest absolute Gasteiger partial charge is 0.260 e. The van der Waals surface area contributed by atoms with Crippen molar-refractivity contribution in [1.29, 1.82) is 0 Å². The SMILES string of the molecule is COc1cc(/C=N/NC(=O)CSc2nc3scc(-c4ccc(C)cc4)c3c(=O)[nH]2)ccc1O. The van der Waals surface area contributed by atoms with Gasteiger partial charge in [0, 0.05) is 10.9 Å². The number of thiophene rings is 1. The van der Waals surface area contributed by atoms with Gasteiger partial charge in [0.25, 0.3) is 11.5 Å². The van der Waals surface area contributed by atoms with Crippen molar-refractivity contribution in [2.24, 2.45) is 5.10 Å². The molecule has 0 radical (unpaired) electrons. The van der Waals surface area contributed by atoms with Crippen LogP contribution in [0.3, 0.4) is 0 Å². The number of aromatic nitrogens is 2. The monoisotopic (exact) mass is 480 g/mol. The van der Waals surface area contributed by atoms with Gasteiger partial charge in [0.2, 0.25) is 0 Å². The molecule has 2 heterocycles. The van der Waals surface area contributed by atoms with Crippen LogP contribution >= 0.6 is 23.1 Å². The predicted molar refractivity (Wildman–Crippen MR) is 132 cm³/mol. The number of hydrogen-bond donors (Lipinski definition) is 3. The number of carbonyl (C=O) groups excluding carboxylic acids is 1. The van der Waals surface area contributed by atoms with Crippen molar-refractivity contribution >= 4 is 45.4 Å². The minimum Gasteiger partial charge on any atom is -0.504 e. The average Bonchev–Trinajstić information content (AvgIpc) is 3.24. The van der Waals surface area contributed by atoms with Gasteiger partial charge in [-0.15, -0.1) is 11.3 Å². The van der Waals surface area contributed by atoms with E-state index >= 15 is 0 Å². The summed E-state index contributed by atoms with van der Waals surface area (Å²) in [5.41, 5.74) is 5.79. The Morgan fingerprint density at radius 3 is 2.85 bits per heavy atom. The molecule has 0 atom stereocenters. The van der Waals surface area contributed by atoms with Gasteiger partial charge in [-0.3, -0.25) is 9.59 Å². The van der Waals surface area contributed by atoms with Gasteiger partial charge in [0.15, 0.2) is 16.7 Å². The molecule has 33 heavy (non-hydrogen) atoms. The molecular formula is C23H20N4O4S2. The number of hydrogen-bond acceptors (Lipinski definition) is 8. The Labute approximate surface area is 197 Å². The van der Waals surface area contributed by atoms with E-state index in [-0.39, 0.29) is 23.0 Å². The molecule has 0 unspecified atom stereocenters. The van der Waals surface area contributed by atoms with Gasteiger partial charge >= 0.3 is 0 Å². The van der Waals surface area contributed by atoms with Gasteiger partial charge in [-0.2, -0.15) is 5.10 Å². The summed E-state index contributed by atoms with van der Waals surface area (Å²) in [6.07, 6.45) is 1.44. The van der Waals surface area contributed by atoms with E-state index in [4.69, 9.17) is 4.74 Å². The lowest BCUT2D eigenvalue weighted by molar-refractivity contribution is -0.118. The van der Waals surface area contributed by atoms with E-state index in [1.54, 1.807) is 12.1 Å². The number of aromatic hydroxyl groups is 1. The van der Waals surface area contributed by atoms with Crippen LogP contribution in [0.15, 0.2) is 62.9 Å². The van der Waals surface area contributed by atoms with Crippen molar-refractivity contribution in [3.8, 4) is 22.6 Å². The summed E-state index contributed by atoms with van der Waals surface area (Å²) < 4.78 is 5.03. The van der Waals surface area contributed by atoms with Gasteiger partial charge in [0.05, 0.1) is 24.5 Å². The number of benzene rings is 2. The zero-order chi connectivity index (χ0) is 23.4. The summed E-state index contributed by atoms with van der Waals surface area (Å²) in [6, 6.07) is 12.7. The van der Waals surface area contributed by atoms with Gasteiger partial charge in [-0.1, -0.05) is 41.6 Å². The number of aryl methyl sites for hydroxylation is 1. The van der Waals surface area contributed by atoms with Crippen LogP contribution in [-0.4, -0.2) is 40.1 Å². The maximum Gasteiger partial charge on any atom is 0.260 e. The van der Waals surface area contributed by atoms with Crippen LogP contribution in [-0.2, 0) is 4.79 Å². The third-order valence-corrected chi connectivity index (χ3v) is 6.48. The van der Waals surface area contributed by atoms with Crippen molar-refractivity contribution in [2.75, 3.05) is 12.9 Å². The Balaban J connectivity index is 1.40. The topological polar surface area (TPSA) is 117 Å². The number of H-pyrrole nitrogens is 1. The molecule has 0 bridgehead atoms. The summed E-state index contributed by atoms with van der Waals surface area (Å²) in [5.74, 6) is 0.00726. The first-order chi connectivity index (χ1) is 15.9. The van der Waals surface area contributed by atoms with E-state index in [0.29, 0.717) is 26.7 Å². The molecule has 4 rings (SSSR count). The molecule has 10 heteroatoms. The van der Waals surface area contributed by atoms with E-state index < -0.39 is 0 Å². The fourth-order valence-corrected chi connectivity index (χ4v) is 4.72. The van der Waals surface area contributed by atoms with E-state index in [9.17, 15) is 14.7 Å². The largest absolute Gasteiger partial charge is 0.504 e. The Morgan fingerprint density at radius 2 is 2.09 bits per heavy atom. The maximum absolute atomic E-state index is 12.7. The summed E-state index contributed by atoms with van der Waals surface area (Å²) in [5, 5.41) is 16.4. The molecule has 0 aliphatic heterocycles. The van der Waals surface area contributed by atoms with Crippen LogP contribution in [0.2, 0.25) is 0 Å². The zero-order valence-corrected chi connectivity index (χ0v) is 19.4. The number of carbonyl (C=O) groups is 1. The van der Waals surface area contributed by atoms with E-state index in [1.165, 1.54) is 30.7 Å². The lowest BCUT2D eigenvalue weighted by atomic mass is 10.1. The van der Waals surface area contributed by atoms with Crippen molar-refractivity contribution in [1.82, 2.24) is 15.4 Å². The minimum absolute atomic E-state index is 0.0188. The summed E-state index contributed by atoms with van der Waals surface area (Å²) >= 11 is 2.51. The number of fused-ring (bicyclic) bond motifs is 1. The standard InChI is InChI=1S/C23H20N4O4S2/c1-13-3-6-15(7-4-13)16-11-32-22-20(16)21(30)25-23(26-22)33-12-19(29)27-24-10-14-5-8-17(28)18(9-14)31-2/h3-11,28H,12H2,1-2H3,(H,27,29)(H,25,26,30)/b24-10+. The van der Waals surface area contributed by atoms with E-state index in [2.05, 4.69) is 20.5 Å². The second kappa shape index (κ2) is 9.88. The molecular weight excluding hydrogens is 460 g/mol. The number of methoxy groups -OCH3 is 1. The number of phenolic OH excluding ortho intramolecular Hbond substituents is 1. The molecule has 0 spiro atoms. The first kappa shape index (κ1) is 22.6. The average molecular weight is 481 g/mol. The van der Waals surface area contributed by atoms with Gasteiger partial charge in [0.1, 0.15) is 4.83 Å². The van der Waals surface area contributed by atoms with Crippen molar-refractivity contribution in [3.05, 3.63) is 69.3 Å². The van der Waals surface area contributed by atoms with Crippen LogP contribution in [0, 0.1) is 6.92 Å². The first-order valence-corrected chi connectivity index (χ1v) is 11.7. The fourth-order valence-electron chi connectivity index (χ4n) is 3.06. The quantitative estimate of drug-likeness (QED) is 0.160. The summed E-state index contributed by atoms with van der Waals surface area (Å²) in [7, 11) is 1.45. The second-order valence-electron chi connectivity index (χ2n) is 7.08. The van der Waals surface area contributed by atoms with Gasteiger partial charge < -0.3 is 14.8 Å². The number of nitrogens with one attached hydrogen (secondary N) is 2. The minimum atomic E-state index is -0.351. The second-order valence-corrected chi connectivity index (χ2v) is 8.90. The molecule has 168 valence electrons. The van der Waals surface area contributed by atoms with Gasteiger partial charge in [-0.25, -0.2) is 10.4 Å². The molecule has 0 saturated carbocycles. The van der Waals surface area contributed by atoms with Crippen molar-refractivity contribution < 1.29 is 14.6 Å². The van der Waals surface area contributed by atoms with Crippen LogP contribution in [0.1, 0.15) is 11.1 Å². The number of aromatic amines is 1. The Hall–Kier alpha value is -3.63. The molecule has 1 amide bonds. The number of ether oxygens (including phenoxy) is 1. The van der Waals surface area contributed by atoms with E-state index in [1.807, 2.05) is 36.6 Å². The summed E-state index contributed by atoms with van der Waals surface area (Å²) in [4.78, 5) is 32.7. The number of nitrogens with zero attached hydrogens (tertiary/aromatic N) is 2. The highest BCUT2D eigenvalue weighted by Crippen LogP contribution is 2.31. The fraction of sp³-hybridized carbons (Fsp3) is 0.130. The highest BCUT2D eigenvalue weighted by atomic mass is 32.2. The predicted octanol–water partition coefficient (Wildman–Crippen LogP) is 3.92. The number of thioether (sulfide) groups is 1. The number of hydrazone groups is 1. The number of phenols is 1. The molecule has 0 saturated heterocycles. The third kappa shape index (κ3) is 5.24. The van der Waals surface area contributed by atoms with Crippen molar-refractivity contribution in [2.45, 2.75) is 12.1 Å². The Morgan fingerprint density at radius 1 is 1.30 bits per heavy atom. The van der Waals surface area contributed by atoms with Crippen LogP contribution in [0.25, 0.3) is 21.3 Å². The molecule has 3 N–H and O–H groups in total. The lowest BCUT2D eigenvalue weighted by Gasteiger charge is -2.04. The molecule has 0 aliphatic rings. The highest BCUT2D eigenvalue weighted by Gasteiger charge is 2.14. The zero-order valence-electron chi connectivity index (χ0n) is 17.8. The van der Waals surface area contributed by atoms with Crippen LogP contribution < -0.4 is 15.7 Å². The molecule has 8 nitrogen and oxygen atoms in total. The maximum atomic E-state index is 12.7. The molecule has 0 aliphatic carbocycles. The van der Waals surface area contributed by atoms with Crippen LogP contribution in [0.4, 0.5) is 0 Å². The molecule has 2 aromatic heterocycles. The van der Waals surface area contributed by atoms with Crippen LogP contribution in [0.5, 0.6) is 11.5 Å². The first-order valence-electron chi connectivity index (χ1n) is 9.85. The van der Waals surface area contributed by atoms with Gasteiger partial charge in [-0.05, 0) is 36.2 Å². The number of amides is 1. The number of rotatable bonds is 7. The molecule has 0 fully saturated rings. The van der Waals surface area contributed by atoms with Crippen molar-refractivity contribution in [3.63, 3.8) is 0 Å². The normalized spacial score (nSPS) is 11.2. The third-order valence-electron chi connectivity index (χ3n) is 4.73.